The van der Waals surface area contributed by atoms with Crippen LogP contribution in [0.25, 0.3) is 0 Å². The summed E-state index contributed by atoms with van der Waals surface area (Å²) in [6, 6.07) is 0.100. The zero-order valence-electron chi connectivity index (χ0n) is 13.9. The van der Waals surface area contributed by atoms with E-state index in [1.54, 1.807) is 7.11 Å². The van der Waals surface area contributed by atoms with Crippen molar-refractivity contribution < 1.29 is 14.3 Å². The Labute approximate surface area is 133 Å². The van der Waals surface area contributed by atoms with Gasteiger partial charge in [-0.1, -0.05) is 23.8 Å². The first kappa shape index (κ1) is 16.9. The molecule has 0 spiro atoms. The van der Waals surface area contributed by atoms with Crippen molar-refractivity contribution in [3.63, 3.8) is 0 Å². The highest BCUT2D eigenvalue weighted by atomic mass is 16.5. The van der Waals surface area contributed by atoms with Crippen molar-refractivity contribution in [2.75, 3.05) is 20.3 Å². The van der Waals surface area contributed by atoms with Gasteiger partial charge in [0.1, 0.15) is 5.41 Å². The lowest BCUT2D eigenvalue weighted by Gasteiger charge is -2.37. The third-order valence-corrected chi connectivity index (χ3v) is 4.79. The van der Waals surface area contributed by atoms with Gasteiger partial charge < -0.3 is 9.64 Å². The molecule has 2 atom stereocenters. The summed E-state index contributed by atoms with van der Waals surface area (Å²) < 4.78 is 5.25. The summed E-state index contributed by atoms with van der Waals surface area (Å²) in [5, 5.41) is 0. The van der Waals surface area contributed by atoms with Crippen LogP contribution in [0.3, 0.4) is 0 Å². The minimum atomic E-state index is -0.995. The summed E-state index contributed by atoms with van der Waals surface area (Å²) in [6.07, 6.45) is 9.41. The van der Waals surface area contributed by atoms with E-state index in [0.717, 1.165) is 31.4 Å². The van der Waals surface area contributed by atoms with Gasteiger partial charge >= 0.3 is 0 Å². The molecule has 1 aliphatic carbocycles. The number of carbonyl (C=O) groups excluding carboxylic acids is 2. The molecule has 0 bridgehead atoms. The Bertz CT molecular complexity index is 495. The van der Waals surface area contributed by atoms with Gasteiger partial charge in [-0.25, -0.2) is 0 Å². The van der Waals surface area contributed by atoms with Gasteiger partial charge in [-0.15, -0.1) is 0 Å². The number of likely N-dealkylation sites (tertiary alicyclic amines) is 1. The maximum Gasteiger partial charge on any atom is 0.240 e. The number of methoxy groups -OCH3 is 1. The summed E-state index contributed by atoms with van der Waals surface area (Å²) in [5.74, 6) is 0.0264. The van der Waals surface area contributed by atoms with Crippen molar-refractivity contribution in [3.8, 4) is 0 Å². The molecule has 1 saturated heterocycles. The van der Waals surface area contributed by atoms with E-state index in [1.165, 1.54) is 0 Å². The number of carbonyl (C=O) groups is 2. The minimum absolute atomic E-state index is 0.0331. The molecule has 1 amide bonds. The Kier molecular flexibility index (Phi) is 5.57. The normalized spacial score (nSPS) is 29.2. The van der Waals surface area contributed by atoms with Crippen LogP contribution in [-0.4, -0.2) is 42.9 Å². The fourth-order valence-electron chi connectivity index (χ4n) is 3.58. The van der Waals surface area contributed by atoms with Gasteiger partial charge in [0.05, 0.1) is 12.6 Å². The third kappa shape index (κ3) is 3.17. The average Bonchev–Trinajstić information content (AvgIpc) is 2.96. The number of Topliss-reactive ketones (excluding diaryl/α,β-unsaturated/α-hetero) is 1. The van der Waals surface area contributed by atoms with Crippen molar-refractivity contribution in [1.29, 1.82) is 0 Å². The van der Waals surface area contributed by atoms with Gasteiger partial charge in [0, 0.05) is 20.1 Å². The molecule has 1 fully saturated rings. The number of hydrogen-bond acceptors (Lipinski definition) is 3. The summed E-state index contributed by atoms with van der Waals surface area (Å²) >= 11 is 0. The fourth-order valence-corrected chi connectivity index (χ4v) is 3.58. The molecule has 0 radical (unpaired) electrons. The van der Waals surface area contributed by atoms with E-state index in [-0.39, 0.29) is 17.7 Å². The van der Waals surface area contributed by atoms with Gasteiger partial charge in [0.2, 0.25) is 5.91 Å². The first-order valence-corrected chi connectivity index (χ1v) is 8.18. The average molecular weight is 305 g/mol. The molecule has 4 heteroatoms. The van der Waals surface area contributed by atoms with Crippen LogP contribution in [0.15, 0.2) is 23.8 Å². The number of hydrogen-bond donors (Lipinski definition) is 0. The number of allylic oxidation sites excluding steroid dienone is 3. The lowest BCUT2D eigenvalue weighted by Crippen LogP contribution is -2.51. The van der Waals surface area contributed by atoms with Gasteiger partial charge in [-0.3, -0.25) is 9.59 Å². The molecule has 0 aromatic rings. The number of ether oxygens (including phenoxy) is 1. The lowest BCUT2D eigenvalue weighted by molar-refractivity contribution is -0.148. The second kappa shape index (κ2) is 7.23. The minimum Gasteiger partial charge on any atom is -0.383 e. The number of nitrogens with zero attached hydrogens (tertiary/aromatic N) is 1. The SMILES string of the molecule is C/C=C/C[C@@]1(C(=O)N2CCC[C@H]2COC)C=C(C)CCC1=O. The van der Waals surface area contributed by atoms with Gasteiger partial charge in [0.25, 0.3) is 0 Å². The van der Waals surface area contributed by atoms with E-state index in [1.807, 2.05) is 37.0 Å². The Morgan fingerprint density at radius 2 is 2.27 bits per heavy atom. The van der Waals surface area contributed by atoms with E-state index in [2.05, 4.69) is 0 Å². The molecule has 2 rings (SSSR count). The molecule has 1 heterocycles. The maximum absolute atomic E-state index is 13.2. The Morgan fingerprint density at radius 3 is 2.95 bits per heavy atom. The van der Waals surface area contributed by atoms with Crippen LogP contribution in [-0.2, 0) is 14.3 Å². The van der Waals surface area contributed by atoms with Crippen LogP contribution in [0.2, 0.25) is 0 Å². The first-order chi connectivity index (χ1) is 10.5. The van der Waals surface area contributed by atoms with Crippen LogP contribution in [0.4, 0.5) is 0 Å². The van der Waals surface area contributed by atoms with E-state index in [4.69, 9.17) is 4.74 Å². The van der Waals surface area contributed by atoms with Crippen molar-refractivity contribution in [2.45, 2.75) is 52.0 Å². The first-order valence-electron chi connectivity index (χ1n) is 8.18. The number of amides is 1. The zero-order chi connectivity index (χ0) is 16.2. The number of rotatable bonds is 5. The molecular formula is C18H27NO3. The van der Waals surface area contributed by atoms with E-state index >= 15 is 0 Å². The molecule has 22 heavy (non-hydrogen) atoms. The highest BCUT2D eigenvalue weighted by molar-refractivity contribution is 6.09. The standard InChI is InChI=1S/C18H27NO3/c1-4-5-10-18(12-14(2)8-9-16(18)20)17(21)19-11-6-7-15(19)13-22-3/h4-5,12,15H,6-11,13H2,1-3H3/b5-4+/t15-,18+/m0/s1. The Hall–Kier alpha value is -1.42. The van der Waals surface area contributed by atoms with Crippen LogP contribution in [0, 0.1) is 5.41 Å². The Morgan fingerprint density at radius 1 is 1.50 bits per heavy atom. The summed E-state index contributed by atoms with van der Waals surface area (Å²) in [4.78, 5) is 27.8. The molecule has 122 valence electrons. The van der Waals surface area contributed by atoms with Crippen LogP contribution < -0.4 is 0 Å². The topological polar surface area (TPSA) is 46.6 Å². The molecule has 1 aliphatic heterocycles. The van der Waals surface area contributed by atoms with Gasteiger partial charge in [-0.2, -0.15) is 0 Å². The quantitative estimate of drug-likeness (QED) is 0.579. The second-order valence-corrected chi connectivity index (χ2v) is 6.41. The lowest BCUT2D eigenvalue weighted by atomic mass is 9.72. The molecule has 0 N–H and O–H groups in total. The fraction of sp³-hybridized carbons (Fsp3) is 0.667. The van der Waals surface area contributed by atoms with Crippen LogP contribution in [0.1, 0.15) is 46.0 Å². The molecule has 2 aliphatic rings. The predicted molar refractivity (Wildman–Crippen MR) is 86.5 cm³/mol. The molecule has 0 aromatic carbocycles. The van der Waals surface area contributed by atoms with Gasteiger partial charge in [-0.05, 0) is 39.5 Å². The molecular weight excluding hydrogens is 278 g/mol. The molecule has 0 aromatic heterocycles. The van der Waals surface area contributed by atoms with Crippen LogP contribution in [0.5, 0.6) is 0 Å². The number of ketones is 1. The van der Waals surface area contributed by atoms with E-state index in [0.29, 0.717) is 19.4 Å². The van der Waals surface area contributed by atoms with Crippen molar-refractivity contribution in [1.82, 2.24) is 4.90 Å². The van der Waals surface area contributed by atoms with Crippen molar-refractivity contribution in [3.05, 3.63) is 23.8 Å². The van der Waals surface area contributed by atoms with E-state index < -0.39 is 5.41 Å². The zero-order valence-corrected chi connectivity index (χ0v) is 13.9. The third-order valence-electron chi connectivity index (χ3n) is 4.79. The summed E-state index contributed by atoms with van der Waals surface area (Å²) in [6.45, 7) is 5.21. The van der Waals surface area contributed by atoms with Crippen molar-refractivity contribution in [2.24, 2.45) is 5.41 Å². The monoisotopic (exact) mass is 305 g/mol. The van der Waals surface area contributed by atoms with E-state index in [9.17, 15) is 9.59 Å². The second-order valence-electron chi connectivity index (χ2n) is 6.41. The summed E-state index contributed by atoms with van der Waals surface area (Å²) in [5.41, 5.74) is 0.144. The van der Waals surface area contributed by atoms with Crippen molar-refractivity contribution >= 4 is 11.7 Å². The maximum atomic E-state index is 13.2. The molecule has 4 nitrogen and oxygen atoms in total. The molecule has 0 unspecified atom stereocenters. The summed E-state index contributed by atoms with van der Waals surface area (Å²) in [7, 11) is 1.66. The highest BCUT2D eigenvalue weighted by Crippen LogP contribution is 2.38. The predicted octanol–water partition coefficient (Wildman–Crippen LogP) is 2.89. The smallest absolute Gasteiger partial charge is 0.240 e. The Balaban J connectivity index is 2.34. The van der Waals surface area contributed by atoms with Crippen LogP contribution >= 0.6 is 0 Å². The van der Waals surface area contributed by atoms with Gasteiger partial charge in [0.15, 0.2) is 5.78 Å². The highest BCUT2D eigenvalue weighted by Gasteiger charge is 2.48. The molecule has 0 saturated carbocycles. The largest absolute Gasteiger partial charge is 0.383 e.